The van der Waals surface area contributed by atoms with Gasteiger partial charge in [-0.1, -0.05) is 44.2 Å². The lowest BCUT2D eigenvalue weighted by Crippen LogP contribution is -2.45. The maximum atomic E-state index is 13.1. The van der Waals surface area contributed by atoms with E-state index in [2.05, 4.69) is 64.8 Å². The molecular formula is C23H30FN5. The van der Waals surface area contributed by atoms with E-state index in [9.17, 15) is 4.39 Å². The average molecular weight is 396 g/mol. The van der Waals surface area contributed by atoms with Crippen LogP contribution in [0.3, 0.4) is 0 Å². The summed E-state index contributed by atoms with van der Waals surface area (Å²) in [6.07, 6.45) is 3.98. The summed E-state index contributed by atoms with van der Waals surface area (Å²) in [7, 11) is 0. The second kappa shape index (κ2) is 10.0. The quantitative estimate of drug-likeness (QED) is 0.615. The highest BCUT2D eigenvalue weighted by atomic mass is 19.1. The fourth-order valence-electron chi connectivity index (χ4n) is 3.57. The third kappa shape index (κ3) is 6.59. The number of nitrogens with zero attached hydrogens (tertiary/aromatic N) is 2. The van der Waals surface area contributed by atoms with Gasteiger partial charge in [0.25, 0.3) is 0 Å². The van der Waals surface area contributed by atoms with Gasteiger partial charge in [0.15, 0.2) is 5.96 Å². The molecule has 1 aliphatic rings. The van der Waals surface area contributed by atoms with Crippen LogP contribution in [0.1, 0.15) is 38.7 Å². The molecule has 0 spiro atoms. The summed E-state index contributed by atoms with van der Waals surface area (Å²) in [5, 5.41) is 6.10. The number of guanidine groups is 2. The van der Waals surface area contributed by atoms with Crippen molar-refractivity contribution < 1.29 is 4.39 Å². The number of aryl methyl sites for hydroxylation is 1. The molecule has 2 unspecified atom stereocenters. The molecule has 2 aromatic rings. The van der Waals surface area contributed by atoms with Crippen LogP contribution in [0.15, 0.2) is 64.6 Å². The zero-order chi connectivity index (χ0) is 20.6. The zero-order valence-electron chi connectivity index (χ0n) is 17.1. The minimum atomic E-state index is -0.275. The van der Waals surface area contributed by atoms with Crippen molar-refractivity contribution in [3.63, 3.8) is 0 Å². The number of hydrogen-bond acceptors (Lipinski definition) is 5. The number of anilines is 1. The topological polar surface area (TPSA) is 74.8 Å². The van der Waals surface area contributed by atoms with Crippen LogP contribution in [0.2, 0.25) is 0 Å². The smallest absolute Gasteiger partial charge is 0.204 e. The van der Waals surface area contributed by atoms with Crippen LogP contribution in [0.25, 0.3) is 0 Å². The van der Waals surface area contributed by atoms with Gasteiger partial charge in [-0.05, 0) is 67.3 Å². The molecule has 1 aliphatic heterocycles. The normalized spacial score (nSPS) is 17.3. The SMILES string of the molecule is CC(C)C(CCCc1ccccc1)CC1N=C(N)NC(Nc2ccc(F)cc2)=N1. The van der Waals surface area contributed by atoms with E-state index in [1.807, 2.05) is 0 Å². The van der Waals surface area contributed by atoms with Gasteiger partial charge in [0.2, 0.25) is 5.96 Å². The summed E-state index contributed by atoms with van der Waals surface area (Å²) in [6, 6.07) is 16.7. The summed E-state index contributed by atoms with van der Waals surface area (Å²) in [5.74, 6) is 1.67. The molecule has 0 bridgehead atoms. The van der Waals surface area contributed by atoms with E-state index in [1.54, 1.807) is 12.1 Å². The highest BCUT2D eigenvalue weighted by Crippen LogP contribution is 2.26. The highest BCUT2D eigenvalue weighted by molar-refractivity contribution is 6.05. The summed E-state index contributed by atoms with van der Waals surface area (Å²) in [5.41, 5.74) is 8.10. The molecule has 0 fully saturated rings. The maximum absolute atomic E-state index is 13.1. The number of aliphatic imine (C=N–C) groups is 2. The molecule has 0 aromatic heterocycles. The number of nitrogens with one attached hydrogen (secondary N) is 2. The fraction of sp³-hybridized carbons (Fsp3) is 0.391. The zero-order valence-corrected chi connectivity index (χ0v) is 17.1. The van der Waals surface area contributed by atoms with Gasteiger partial charge in [-0.3, -0.25) is 5.32 Å². The molecule has 3 rings (SSSR count). The van der Waals surface area contributed by atoms with Crippen molar-refractivity contribution in [2.24, 2.45) is 27.6 Å². The van der Waals surface area contributed by atoms with Gasteiger partial charge in [0, 0.05) is 5.69 Å². The van der Waals surface area contributed by atoms with Gasteiger partial charge in [0.1, 0.15) is 12.0 Å². The second-order valence-corrected chi connectivity index (χ2v) is 7.85. The Hall–Kier alpha value is -2.89. The van der Waals surface area contributed by atoms with E-state index in [0.29, 0.717) is 23.8 Å². The Morgan fingerprint density at radius 2 is 1.79 bits per heavy atom. The predicted octanol–water partition coefficient (Wildman–Crippen LogP) is 4.52. The highest BCUT2D eigenvalue weighted by Gasteiger charge is 2.22. The first kappa shape index (κ1) is 20.8. The van der Waals surface area contributed by atoms with E-state index in [-0.39, 0.29) is 12.0 Å². The molecule has 4 N–H and O–H groups in total. The van der Waals surface area contributed by atoms with E-state index < -0.39 is 0 Å². The van der Waals surface area contributed by atoms with E-state index >= 15 is 0 Å². The lowest BCUT2D eigenvalue weighted by atomic mass is 9.86. The molecule has 0 radical (unpaired) electrons. The van der Waals surface area contributed by atoms with E-state index in [1.165, 1.54) is 17.7 Å². The third-order valence-corrected chi connectivity index (χ3v) is 5.26. The van der Waals surface area contributed by atoms with Crippen LogP contribution < -0.4 is 16.4 Å². The average Bonchev–Trinajstić information content (AvgIpc) is 2.69. The Morgan fingerprint density at radius 1 is 1.07 bits per heavy atom. The molecule has 6 heteroatoms. The third-order valence-electron chi connectivity index (χ3n) is 5.26. The Balaban J connectivity index is 1.59. The molecular weight excluding hydrogens is 365 g/mol. The molecule has 0 saturated heterocycles. The fourth-order valence-corrected chi connectivity index (χ4v) is 3.57. The summed E-state index contributed by atoms with van der Waals surface area (Å²) >= 11 is 0. The van der Waals surface area contributed by atoms with Crippen molar-refractivity contribution in [3.8, 4) is 0 Å². The Labute approximate surface area is 172 Å². The van der Waals surface area contributed by atoms with Crippen LogP contribution in [0, 0.1) is 17.7 Å². The van der Waals surface area contributed by atoms with Gasteiger partial charge < -0.3 is 11.1 Å². The van der Waals surface area contributed by atoms with Crippen molar-refractivity contribution in [2.75, 3.05) is 5.32 Å². The predicted molar refractivity (Wildman–Crippen MR) is 118 cm³/mol. The molecule has 2 atom stereocenters. The summed E-state index contributed by atoms with van der Waals surface area (Å²) in [4.78, 5) is 9.14. The van der Waals surface area contributed by atoms with Crippen molar-refractivity contribution in [1.29, 1.82) is 0 Å². The summed E-state index contributed by atoms with van der Waals surface area (Å²) in [6.45, 7) is 4.51. The lowest BCUT2D eigenvalue weighted by Gasteiger charge is -2.26. The Morgan fingerprint density at radius 3 is 2.48 bits per heavy atom. The number of rotatable bonds is 8. The molecule has 5 nitrogen and oxygen atoms in total. The van der Waals surface area contributed by atoms with Gasteiger partial charge in [-0.25, -0.2) is 14.4 Å². The number of halogens is 1. The van der Waals surface area contributed by atoms with Gasteiger partial charge in [-0.2, -0.15) is 0 Å². The van der Waals surface area contributed by atoms with Crippen LogP contribution in [0.5, 0.6) is 0 Å². The first-order chi connectivity index (χ1) is 14.0. The summed E-state index contributed by atoms with van der Waals surface area (Å²) < 4.78 is 13.1. The minimum Gasteiger partial charge on any atom is -0.370 e. The van der Waals surface area contributed by atoms with Crippen LogP contribution >= 0.6 is 0 Å². The Kier molecular flexibility index (Phi) is 7.22. The van der Waals surface area contributed by atoms with Crippen molar-refractivity contribution in [1.82, 2.24) is 5.32 Å². The van der Waals surface area contributed by atoms with Crippen molar-refractivity contribution in [3.05, 3.63) is 66.0 Å². The van der Waals surface area contributed by atoms with Crippen molar-refractivity contribution >= 4 is 17.6 Å². The second-order valence-electron chi connectivity index (χ2n) is 7.85. The number of nitrogens with two attached hydrogens (primary N) is 1. The monoisotopic (exact) mass is 395 g/mol. The molecule has 154 valence electrons. The van der Waals surface area contributed by atoms with Gasteiger partial charge in [-0.15, -0.1) is 0 Å². The van der Waals surface area contributed by atoms with E-state index in [0.717, 1.165) is 31.4 Å². The van der Waals surface area contributed by atoms with Crippen LogP contribution in [-0.4, -0.2) is 18.1 Å². The van der Waals surface area contributed by atoms with Crippen LogP contribution in [0.4, 0.5) is 10.1 Å². The number of benzene rings is 2. The van der Waals surface area contributed by atoms with E-state index in [4.69, 9.17) is 5.73 Å². The number of hydrogen-bond donors (Lipinski definition) is 3. The minimum absolute atomic E-state index is 0.219. The largest absolute Gasteiger partial charge is 0.370 e. The van der Waals surface area contributed by atoms with Gasteiger partial charge in [0.05, 0.1) is 0 Å². The molecule has 29 heavy (non-hydrogen) atoms. The van der Waals surface area contributed by atoms with Gasteiger partial charge >= 0.3 is 0 Å². The maximum Gasteiger partial charge on any atom is 0.204 e. The molecule has 0 aliphatic carbocycles. The Bertz CT molecular complexity index is 830. The standard InChI is InChI=1S/C23H30FN5/c1-16(2)18(10-6-9-17-7-4-3-5-8-17)15-21-27-22(25)29-23(28-21)26-20-13-11-19(24)12-14-20/h3-5,7-8,11-14,16,18,21H,6,9-10,15H2,1-2H3,(H4,25,26,27,28,29). The molecule has 0 saturated carbocycles. The van der Waals surface area contributed by atoms with Crippen LogP contribution in [-0.2, 0) is 6.42 Å². The first-order valence-corrected chi connectivity index (χ1v) is 10.2. The molecule has 2 aromatic carbocycles. The first-order valence-electron chi connectivity index (χ1n) is 10.2. The van der Waals surface area contributed by atoms with Crippen molar-refractivity contribution in [2.45, 2.75) is 45.7 Å². The molecule has 0 amide bonds. The molecule has 1 heterocycles. The lowest BCUT2D eigenvalue weighted by molar-refractivity contribution is 0.308.